The fourth-order valence-corrected chi connectivity index (χ4v) is 2.66. The predicted octanol–water partition coefficient (Wildman–Crippen LogP) is 3.98. The van der Waals surface area contributed by atoms with E-state index in [-0.39, 0.29) is 6.04 Å². The summed E-state index contributed by atoms with van der Waals surface area (Å²) in [5, 5.41) is 0.663. The number of aromatic nitrogens is 2. The molecule has 0 aliphatic heterocycles. The van der Waals surface area contributed by atoms with Crippen LogP contribution in [0, 0.1) is 0 Å². The Labute approximate surface area is 130 Å². The Bertz CT molecular complexity index is 557. The molecule has 2 aromatic rings. The van der Waals surface area contributed by atoms with Crippen molar-refractivity contribution < 1.29 is 4.74 Å². The summed E-state index contributed by atoms with van der Waals surface area (Å²) in [7, 11) is 0. The number of halogens is 1. The van der Waals surface area contributed by atoms with Gasteiger partial charge in [0, 0.05) is 35.1 Å². The Morgan fingerprint density at radius 2 is 2.19 bits per heavy atom. The molecule has 4 nitrogen and oxygen atoms in total. The van der Waals surface area contributed by atoms with Crippen LogP contribution in [0.2, 0.25) is 5.02 Å². The van der Waals surface area contributed by atoms with Crippen molar-refractivity contribution in [3.8, 4) is 5.75 Å². The smallest absolute Gasteiger partial charge is 0.125 e. The number of ether oxygens (including phenoxy) is 1. The van der Waals surface area contributed by atoms with Crippen molar-refractivity contribution in [1.82, 2.24) is 9.55 Å². The van der Waals surface area contributed by atoms with Gasteiger partial charge in [-0.05, 0) is 31.9 Å². The first-order valence-corrected chi connectivity index (χ1v) is 7.68. The number of rotatable bonds is 7. The van der Waals surface area contributed by atoms with Crippen LogP contribution in [0.4, 0.5) is 0 Å². The summed E-state index contributed by atoms with van der Waals surface area (Å²) >= 11 is 6.04. The number of nitrogens with zero attached hydrogens (tertiary/aromatic N) is 2. The molecule has 0 aliphatic rings. The van der Waals surface area contributed by atoms with Crippen LogP contribution in [-0.2, 0) is 0 Å². The van der Waals surface area contributed by atoms with E-state index in [4.69, 9.17) is 22.1 Å². The van der Waals surface area contributed by atoms with Gasteiger partial charge in [0.1, 0.15) is 5.75 Å². The molecule has 2 atom stereocenters. The standard InChI is InChI=1S/C16H22ClN3O/c1-3-13(20-8-7-19-11-20)10-15(18)14-6-5-12(17)9-16(14)21-4-2/h5-9,11,13,15H,3-4,10,18H2,1-2H3. The van der Waals surface area contributed by atoms with Crippen LogP contribution in [0.15, 0.2) is 36.9 Å². The lowest BCUT2D eigenvalue weighted by Crippen LogP contribution is -2.18. The van der Waals surface area contributed by atoms with E-state index in [2.05, 4.69) is 16.5 Å². The van der Waals surface area contributed by atoms with Crippen LogP contribution < -0.4 is 10.5 Å². The largest absolute Gasteiger partial charge is 0.493 e. The highest BCUT2D eigenvalue weighted by atomic mass is 35.5. The minimum atomic E-state index is -0.101. The van der Waals surface area contributed by atoms with Crippen molar-refractivity contribution in [2.45, 2.75) is 38.8 Å². The Hall–Kier alpha value is -1.52. The third-order valence-electron chi connectivity index (χ3n) is 3.62. The Balaban J connectivity index is 2.17. The Kier molecular flexibility index (Phi) is 5.65. The molecule has 1 heterocycles. The molecule has 0 bridgehead atoms. The second-order valence-electron chi connectivity index (χ2n) is 5.03. The highest BCUT2D eigenvalue weighted by Crippen LogP contribution is 2.32. The zero-order valence-corrected chi connectivity index (χ0v) is 13.3. The molecule has 1 aromatic carbocycles. The number of hydrogen-bond donors (Lipinski definition) is 1. The molecule has 2 unspecified atom stereocenters. The van der Waals surface area contributed by atoms with Gasteiger partial charge in [-0.25, -0.2) is 4.98 Å². The molecule has 1 aromatic heterocycles. The molecule has 0 amide bonds. The maximum absolute atomic E-state index is 6.40. The van der Waals surface area contributed by atoms with Gasteiger partial charge in [-0.15, -0.1) is 0 Å². The van der Waals surface area contributed by atoms with Crippen LogP contribution in [0.1, 0.15) is 44.3 Å². The highest BCUT2D eigenvalue weighted by Gasteiger charge is 2.18. The summed E-state index contributed by atoms with van der Waals surface area (Å²) in [6, 6.07) is 5.87. The van der Waals surface area contributed by atoms with Crippen molar-refractivity contribution in [1.29, 1.82) is 0 Å². The lowest BCUT2D eigenvalue weighted by molar-refractivity contribution is 0.329. The van der Waals surface area contributed by atoms with Crippen molar-refractivity contribution in [2.75, 3.05) is 6.61 Å². The van der Waals surface area contributed by atoms with E-state index in [1.807, 2.05) is 37.6 Å². The van der Waals surface area contributed by atoms with E-state index in [1.165, 1.54) is 0 Å². The van der Waals surface area contributed by atoms with E-state index in [1.54, 1.807) is 6.20 Å². The molecule has 2 N–H and O–H groups in total. The normalized spacial score (nSPS) is 13.9. The molecule has 5 heteroatoms. The number of nitrogens with two attached hydrogens (primary N) is 1. The SMILES string of the molecule is CCOc1cc(Cl)ccc1C(N)CC(CC)n1ccnc1. The van der Waals surface area contributed by atoms with Crippen molar-refractivity contribution in [3.05, 3.63) is 47.5 Å². The lowest BCUT2D eigenvalue weighted by Gasteiger charge is -2.23. The van der Waals surface area contributed by atoms with Crippen molar-refractivity contribution in [2.24, 2.45) is 5.73 Å². The molecular formula is C16H22ClN3O. The Morgan fingerprint density at radius 3 is 2.81 bits per heavy atom. The number of benzene rings is 1. The summed E-state index contributed by atoms with van der Waals surface area (Å²) in [6.45, 7) is 4.71. The molecule has 0 aliphatic carbocycles. The van der Waals surface area contributed by atoms with Gasteiger partial charge in [-0.1, -0.05) is 24.6 Å². The monoisotopic (exact) mass is 307 g/mol. The van der Waals surface area contributed by atoms with E-state index in [0.29, 0.717) is 17.7 Å². The fourth-order valence-electron chi connectivity index (χ4n) is 2.50. The zero-order chi connectivity index (χ0) is 15.2. The summed E-state index contributed by atoms with van der Waals surface area (Å²) in [4.78, 5) is 4.11. The van der Waals surface area contributed by atoms with Gasteiger partial charge >= 0.3 is 0 Å². The first-order chi connectivity index (χ1) is 10.2. The van der Waals surface area contributed by atoms with Crippen molar-refractivity contribution >= 4 is 11.6 Å². The van der Waals surface area contributed by atoms with E-state index < -0.39 is 0 Å². The van der Waals surface area contributed by atoms with E-state index in [9.17, 15) is 0 Å². The Morgan fingerprint density at radius 1 is 1.38 bits per heavy atom. The summed E-state index contributed by atoms with van der Waals surface area (Å²) in [5.41, 5.74) is 7.40. The van der Waals surface area contributed by atoms with Gasteiger partial charge in [-0.3, -0.25) is 0 Å². The second kappa shape index (κ2) is 7.48. The fraction of sp³-hybridized carbons (Fsp3) is 0.438. The molecular weight excluding hydrogens is 286 g/mol. The lowest BCUT2D eigenvalue weighted by atomic mass is 9.98. The molecule has 0 saturated heterocycles. The van der Waals surface area contributed by atoms with Gasteiger partial charge < -0.3 is 15.0 Å². The van der Waals surface area contributed by atoms with Crippen LogP contribution in [0.5, 0.6) is 5.75 Å². The van der Waals surface area contributed by atoms with Gasteiger partial charge in [0.15, 0.2) is 0 Å². The molecule has 114 valence electrons. The first kappa shape index (κ1) is 15.9. The van der Waals surface area contributed by atoms with Gasteiger partial charge in [-0.2, -0.15) is 0 Å². The molecule has 0 saturated carbocycles. The van der Waals surface area contributed by atoms with Crippen LogP contribution in [-0.4, -0.2) is 16.2 Å². The minimum absolute atomic E-state index is 0.101. The summed E-state index contributed by atoms with van der Waals surface area (Å²) in [6.07, 6.45) is 7.44. The van der Waals surface area contributed by atoms with E-state index in [0.717, 1.165) is 24.2 Å². The maximum Gasteiger partial charge on any atom is 0.125 e. The average molecular weight is 308 g/mol. The molecule has 0 spiro atoms. The average Bonchev–Trinajstić information content (AvgIpc) is 2.99. The van der Waals surface area contributed by atoms with Gasteiger partial charge in [0.25, 0.3) is 0 Å². The third-order valence-corrected chi connectivity index (χ3v) is 3.85. The second-order valence-corrected chi connectivity index (χ2v) is 5.47. The minimum Gasteiger partial charge on any atom is -0.493 e. The predicted molar refractivity (Wildman–Crippen MR) is 85.7 cm³/mol. The topological polar surface area (TPSA) is 53.1 Å². The molecule has 2 rings (SSSR count). The molecule has 0 radical (unpaired) electrons. The van der Waals surface area contributed by atoms with Crippen LogP contribution in [0.25, 0.3) is 0 Å². The van der Waals surface area contributed by atoms with Crippen molar-refractivity contribution in [3.63, 3.8) is 0 Å². The maximum atomic E-state index is 6.40. The quantitative estimate of drug-likeness (QED) is 0.842. The summed E-state index contributed by atoms with van der Waals surface area (Å²) < 4.78 is 7.77. The van der Waals surface area contributed by atoms with E-state index >= 15 is 0 Å². The molecule has 21 heavy (non-hydrogen) atoms. The van der Waals surface area contributed by atoms with Crippen LogP contribution in [0.3, 0.4) is 0 Å². The number of imidazole rings is 1. The van der Waals surface area contributed by atoms with Crippen LogP contribution >= 0.6 is 11.6 Å². The van der Waals surface area contributed by atoms with Gasteiger partial charge in [0.05, 0.1) is 12.9 Å². The highest BCUT2D eigenvalue weighted by molar-refractivity contribution is 6.30. The third kappa shape index (κ3) is 3.99. The summed E-state index contributed by atoms with van der Waals surface area (Å²) in [5.74, 6) is 0.776. The number of hydrogen-bond acceptors (Lipinski definition) is 3. The van der Waals surface area contributed by atoms with Gasteiger partial charge in [0.2, 0.25) is 0 Å². The first-order valence-electron chi connectivity index (χ1n) is 7.31. The molecule has 0 fully saturated rings. The zero-order valence-electron chi connectivity index (χ0n) is 12.5.